The first-order valence-corrected chi connectivity index (χ1v) is 15.8. The van der Waals surface area contributed by atoms with E-state index in [2.05, 4.69) is 4.98 Å². The van der Waals surface area contributed by atoms with Gasteiger partial charge in [-0.2, -0.15) is 0 Å². The van der Waals surface area contributed by atoms with Crippen molar-refractivity contribution in [3.63, 3.8) is 0 Å². The lowest BCUT2D eigenvalue weighted by Gasteiger charge is -2.32. The third kappa shape index (κ3) is 7.10. The summed E-state index contributed by atoms with van der Waals surface area (Å²) in [5.41, 5.74) is 2.05. The Morgan fingerprint density at radius 1 is 1.09 bits per heavy atom. The predicted octanol–water partition coefficient (Wildman–Crippen LogP) is 6.52. The Balaban J connectivity index is 1.60. The van der Waals surface area contributed by atoms with Gasteiger partial charge in [0.1, 0.15) is 12.2 Å². The number of carboxylic acid groups (broad SMARTS) is 1. The summed E-state index contributed by atoms with van der Waals surface area (Å²) in [5.74, 6) is -0.473. The Kier molecular flexibility index (Phi) is 10.1. The van der Waals surface area contributed by atoms with Crippen molar-refractivity contribution in [3.8, 4) is 11.5 Å². The molecule has 0 spiro atoms. The summed E-state index contributed by atoms with van der Waals surface area (Å²) in [6, 6.07) is 19.9. The third-order valence-electron chi connectivity index (χ3n) is 7.65. The second-order valence-corrected chi connectivity index (χ2v) is 13.2. The summed E-state index contributed by atoms with van der Waals surface area (Å²) in [7, 11) is 3.08. The smallest absolute Gasteiger partial charge is 0.337 e. The van der Waals surface area contributed by atoms with Crippen molar-refractivity contribution in [2.24, 2.45) is 5.41 Å². The summed E-state index contributed by atoms with van der Waals surface area (Å²) in [4.78, 5) is 33.3. The molecule has 2 atom stereocenters. The lowest BCUT2D eigenvalue weighted by molar-refractivity contribution is -0.132. The van der Waals surface area contributed by atoms with Gasteiger partial charge in [-0.3, -0.25) is 4.79 Å². The van der Waals surface area contributed by atoms with Crippen LogP contribution in [0, 0.1) is 5.41 Å². The molecule has 1 aromatic heterocycles. The molecule has 2 N–H and O–H groups in total. The number of halogens is 1. The minimum absolute atomic E-state index is 0.0717. The number of aliphatic carboxylic acids is 1. The minimum Gasteiger partial charge on any atom is -0.493 e. The molecule has 1 aliphatic rings. The number of carboxylic acids is 1. The van der Waals surface area contributed by atoms with Gasteiger partial charge in [-0.15, -0.1) is 11.3 Å². The Labute approximate surface area is 276 Å². The van der Waals surface area contributed by atoms with Gasteiger partial charge in [0, 0.05) is 53.0 Å². The maximum absolute atomic E-state index is 14.4. The first kappa shape index (κ1) is 33.2. The summed E-state index contributed by atoms with van der Waals surface area (Å²) in [6.07, 6.45) is 1.33. The summed E-state index contributed by atoms with van der Waals surface area (Å²) >= 11 is 7.72. The van der Waals surface area contributed by atoms with Crippen molar-refractivity contribution < 1.29 is 34.0 Å². The Morgan fingerprint density at radius 2 is 1.85 bits per heavy atom. The highest BCUT2D eigenvalue weighted by atomic mass is 35.5. The van der Waals surface area contributed by atoms with Crippen LogP contribution in [0.2, 0.25) is 5.02 Å². The average Bonchev–Trinajstić information content (AvgIpc) is 3.48. The molecule has 0 saturated carbocycles. The zero-order valence-electron chi connectivity index (χ0n) is 25.9. The zero-order valence-corrected chi connectivity index (χ0v) is 27.5. The average molecular weight is 663 g/mol. The molecule has 3 aromatic carbocycles. The number of fused-ring (bicyclic) bond motifs is 1. The standard InChI is InChI=1S/C35H35ClN2O7S/c1-35(2,20-39)19-38-26-14-13-22(36)16-24(26)31(23-11-8-12-27(43-3)32(23)44-4)45-28(33(38)40)17-30-37-18-29(46-30)25(34(41)42)15-21-9-6-5-7-10-21/h5-16,18,28,31,39H,17,19-20H2,1-4H3,(H,41,42)/b25-15-/t28-,31-/m1/s1. The van der Waals surface area contributed by atoms with Crippen LogP contribution in [-0.2, 0) is 20.7 Å². The van der Waals surface area contributed by atoms with Gasteiger partial charge in [-0.1, -0.05) is 67.9 Å². The maximum atomic E-state index is 14.4. The highest BCUT2D eigenvalue weighted by Crippen LogP contribution is 2.45. The quantitative estimate of drug-likeness (QED) is 0.174. The molecular weight excluding hydrogens is 628 g/mol. The zero-order chi connectivity index (χ0) is 33.0. The predicted molar refractivity (Wildman–Crippen MR) is 179 cm³/mol. The number of nitrogens with zero attached hydrogens (tertiary/aromatic N) is 2. The number of amides is 1. The maximum Gasteiger partial charge on any atom is 0.337 e. The number of carbonyl (C=O) groups excluding carboxylic acids is 1. The number of carbonyl (C=O) groups is 2. The number of thiazole rings is 1. The Morgan fingerprint density at radius 3 is 2.52 bits per heavy atom. The van der Waals surface area contributed by atoms with Crippen molar-refractivity contribution in [2.45, 2.75) is 32.5 Å². The Bertz CT molecular complexity index is 1750. The number of aliphatic hydroxyl groups is 1. The van der Waals surface area contributed by atoms with Crippen LogP contribution in [0.25, 0.3) is 11.6 Å². The molecule has 0 unspecified atom stereocenters. The number of hydrogen-bond donors (Lipinski definition) is 2. The molecule has 11 heteroatoms. The number of para-hydroxylation sites is 1. The number of rotatable bonds is 11. The van der Waals surface area contributed by atoms with Crippen LogP contribution >= 0.6 is 22.9 Å². The van der Waals surface area contributed by atoms with Crippen LogP contribution in [0.5, 0.6) is 11.5 Å². The summed E-state index contributed by atoms with van der Waals surface area (Å²) < 4.78 is 18.1. The van der Waals surface area contributed by atoms with E-state index in [-0.39, 0.29) is 31.1 Å². The molecule has 0 fully saturated rings. The molecule has 9 nitrogen and oxygen atoms in total. The van der Waals surface area contributed by atoms with Crippen LogP contribution < -0.4 is 14.4 Å². The molecule has 0 aliphatic carbocycles. The fourth-order valence-electron chi connectivity index (χ4n) is 5.35. The SMILES string of the molecule is COc1cccc([C@H]2O[C@H](Cc3ncc(/C(=C/c4ccccc4)C(=O)O)s3)C(=O)N(CC(C)(C)CO)c3ccc(Cl)cc32)c1OC. The van der Waals surface area contributed by atoms with E-state index in [0.717, 1.165) is 5.56 Å². The van der Waals surface area contributed by atoms with Crippen molar-refractivity contribution in [1.29, 1.82) is 0 Å². The van der Waals surface area contributed by atoms with Gasteiger partial charge < -0.3 is 29.3 Å². The summed E-state index contributed by atoms with van der Waals surface area (Å²) in [6.45, 7) is 3.79. The van der Waals surface area contributed by atoms with Gasteiger partial charge in [0.05, 0.1) is 29.7 Å². The topological polar surface area (TPSA) is 118 Å². The van der Waals surface area contributed by atoms with E-state index < -0.39 is 23.6 Å². The molecule has 1 aliphatic heterocycles. The highest BCUT2D eigenvalue weighted by molar-refractivity contribution is 7.13. The summed E-state index contributed by atoms with van der Waals surface area (Å²) in [5, 5.41) is 21.1. The van der Waals surface area contributed by atoms with Crippen molar-refractivity contribution in [1.82, 2.24) is 4.98 Å². The monoisotopic (exact) mass is 662 g/mol. The van der Waals surface area contributed by atoms with E-state index in [1.807, 2.05) is 56.3 Å². The largest absolute Gasteiger partial charge is 0.493 e. The molecule has 2 heterocycles. The van der Waals surface area contributed by atoms with Gasteiger partial charge in [0.15, 0.2) is 11.5 Å². The second kappa shape index (κ2) is 14.0. The van der Waals surface area contributed by atoms with Crippen molar-refractivity contribution in [2.75, 3.05) is 32.3 Å². The number of aliphatic hydroxyl groups excluding tert-OH is 1. The normalized spacial score (nSPS) is 17.0. The number of hydrogen-bond acceptors (Lipinski definition) is 8. The number of ether oxygens (including phenoxy) is 3. The molecule has 0 radical (unpaired) electrons. The van der Waals surface area contributed by atoms with Gasteiger partial charge in [-0.25, -0.2) is 9.78 Å². The van der Waals surface area contributed by atoms with Crippen molar-refractivity contribution >= 4 is 52.2 Å². The van der Waals surface area contributed by atoms with Crippen LogP contribution in [-0.4, -0.2) is 60.5 Å². The third-order valence-corrected chi connectivity index (χ3v) is 8.94. The molecule has 4 aromatic rings. The van der Waals surface area contributed by atoms with E-state index in [4.69, 9.17) is 25.8 Å². The number of benzene rings is 3. The fourth-order valence-corrected chi connectivity index (χ4v) is 6.48. The van der Waals surface area contributed by atoms with Crippen LogP contribution in [0.1, 0.15) is 46.5 Å². The Hall–Kier alpha value is -4.22. The first-order chi connectivity index (χ1) is 22.0. The molecule has 240 valence electrons. The molecular formula is C35H35ClN2O7S. The van der Waals surface area contributed by atoms with E-state index in [1.54, 1.807) is 42.4 Å². The van der Waals surface area contributed by atoms with Crippen LogP contribution in [0.4, 0.5) is 5.69 Å². The van der Waals surface area contributed by atoms with Gasteiger partial charge in [-0.05, 0) is 35.9 Å². The second-order valence-electron chi connectivity index (χ2n) is 11.6. The minimum atomic E-state index is -1.09. The molecule has 46 heavy (non-hydrogen) atoms. The van der Waals surface area contributed by atoms with Gasteiger partial charge >= 0.3 is 5.97 Å². The van der Waals surface area contributed by atoms with E-state index in [0.29, 0.717) is 43.2 Å². The van der Waals surface area contributed by atoms with Gasteiger partial charge in [0.25, 0.3) is 5.91 Å². The van der Waals surface area contributed by atoms with E-state index in [9.17, 15) is 19.8 Å². The van der Waals surface area contributed by atoms with Gasteiger partial charge in [0.2, 0.25) is 0 Å². The highest BCUT2D eigenvalue weighted by Gasteiger charge is 2.40. The van der Waals surface area contributed by atoms with E-state index >= 15 is 0 Å². The molecule has 0 saturated heterocycles. The number of methoxy groups -OCH3 is 2. The number of anilines is 1. The molecule has 1 amide bonds. The lowest BCUT2D eigenvalue weighted by atomic mass is 9.92. The van der Waals surface area contributed by atoms with Crippen LogP contribution in [0.3, 0.4) is 0 Å². The first-order valence-electron chi connectivity index (χ1n) is 14.6. The van der Waals surface area contributed by atoms with Crippen LogP contribution in [0.15, 0.2) is 72.9 Å². The van der Waals surface area contributed by atoms with E-state index in [1.165, 1.54) is 24.6 Å². The molecule has 5 rings (SSSR count). The lowest BCUT2D eigenvalue weighted by Crippen LogP contribution is -2.45. The molecule has 0 bridgehead atoms. The fraction of sp³-hybridized carbons (Fsp3) is 0.286. The number of aromatic nitrogens is 1. The van der Waals surface area contributed by atoms with Crippen molar-refractivity contribution in [3.05, 3.63) is 105 Å².